The molecule has 7 heteroatoms. The summed E-state index contributed by atoms with van der Waals surface area (Å²) in [7, 11) is 0. The van der Waals surface area contributed by atoms with Crippen molar-refractivity contribution >= 4 is 34.5 Å². The number of amides is 1. The first kappa shape index (κ1) is 16.3. The first-order valence-corrected chi connectivity index (χ1v) is 8.24. The van der Waals surface area contributed by atoms with E-state index in [1.165, 1.54) is 11.3 Å². The molecule has 1 saturated heterocycles. The van der Waals surface area contributed by atoms with Crippen molar-refractivity contribution in [2.24, 2.45) is 5.73 Å². The lowest BCUT2D eigenvalue weighted by Gasteiger charge is -2.43. The Bertz CT molecular complexity index is 559. The van der Waals surface area contributed by atoms with Gasteiger partial charge in [0.1, 0.15) is 4.88 Å². The molecule has 0 spiro atoms. The zero-order chi connectivity index (χ0) is 15.8. The molecular formula is C14H22N4OS2. The summed E-state index contributed by atoms with van der Waals surface area (Å²) < 4.78 is 0. The summed E-state index contributed by atoms with van der Waals surface area (Å²) in [5, 5.41) is 0.934. The number of aromatic nitrogens is 1. The van der Waals surface area contributed by atoms with Gasteiger partial charge in [0.25, 0.3) is 5.91 Å². The number of piperazine rings is 1. The van der Waals surface area contributed by atoms with E-state index in [0.717, 1.165) is 28.7 Å². The normalized spacial score (nSPS) is 17.0. The van der Waals surface area contributed by atoms with Crippen LogP contribution in [0.4, 0.5) is 0 Å². The first-order chi connectivity index (χ1) is 9.73. The van der Waals surface area contributed by atoms with Crippen molar-refractivity contribution in [3.8, 4) is 0 Å². The van der Waals surface area contributed by atoms with Gasteiger partial charge in [-0.2, -0.15) is 0 Å². The summed E-state index contributed by atoms with van der Waals surface area (Å²) in [6.07, 6.45) is 0. The number of hydrogen-bond donors (Lipinski definition) is 1. The van der Waals surface area contributed by atoms with Crippen LogP contribution in [0.25, 0.3) is 0 Å². The number of hydrogen-bond acceptors (Lipinski definition) is 5. The van der Waals surface area contributed by atoms with Crippen LogP contribution < -0.4 is 5.73 Å². The third-order valence-corrected chi connectivity index (χ3v) is 5.62. The monoisotopic (exact) mass is 326 g/mol. The molecule has 0 aliphatic carbocycles. The Morgan fingerprint density at radius 2 is 1.86 bits per heavy atom. The molecule has 1 aromatic rings. The van der Waals surface area contributed by atoms with Crippen LogP contribution in [0.1, 0.15) is 34.2 Å². The van der Waals surface area contributed by atoms with Crippen molar-refractivity contribution in [3.05, 3.63) is 15.6 Å². The highest BCUT2D eigenvalue weighted by atomic mass is 32.1. The minimum Gasteiger partial charge on any atom is -0.392 e. The second-order valence-corrected chi connectivity index (χ2v) is 7.49. The van der Waals surface area contributed by atoms with Crippen LogP contribution in [0.2, 0.25) is 0 Å². The molecular weight excluding hydrogens is 304 g/mol. The average Bonchev–Trinajstić information content (AvgIpc) is 2.77. The summed E-state index contributed by atoms with van der Waals surface area (Å²) in [5.41, 5.74) is 6.33. The number of carbonyl (C=O) groups excluding carboxylic acids is 1. The first-order valence-electron chi connectivity index (χ1n) is 7.01. The van der Waals surface area contributed by atoms with E-state index in [-0.39, 0.29) is 11.4 Å². The van der Waals surface area contributed by atoms with E-state index in [1.807, 2.05) is 32.6 Å². The number of thiocarbonyl (C=S) groups is 1. The molecule has 2 heterocycles. The van der Waals surface area contributed by atoms with E-state index in [0.29, 0.717) is 18.1 Å². The van der Waals surface area contributed by atoms with E-state index < -0.39 is 0 Å². The molecule has 5 nitrogen and oxygen atoms in total. The molecule has 1 aliphatic rings. The predicted molar refractivity (Wildman–Crippen MR) is 89.9 cm³/mol. The van der Waals surface area contributed by atoms with Crippen molar-refractivity contribution in [1.82, 2.24) is 14.8 Å². The molecule has 0 radical (unpaired) electrons. The third-order valence-electron chi connectivity index (χ3n) is 4.06. The number of thiazole rings is 1. The van der Waals surface area contributed by atoms with Crippen molar-refractivity contribution in [1.29, 1.82) is 0 Å². The van der Waals surface area contributed by atoms with Crippen molar-refractivity contribution in [2.45, 2.75) is 33.2 Å². The molecule has 21 heavy (non-hydrogen) atoms. The Morgan fingerprint density at radius 3 is 2.29 bits per heavy atom. The minimum atomic E-state index is -0.304. The SMILES string of the molecule is Cc1nc(C)c(C(=O)N2CCN(C(C)(C)C(N)=S)CC2)s1. The van der Waals surface area contributed by atoms with Gasteiger partial charge >= 0.3 is 0 Å². The van der Waals surface area contributed by atoms with Crippen molar-refractivity contribution in [2.75, 3.05) is 26.2 Å². The fourth-order valence-electron chi connectivity index (χ4n) is 2.50. The summed E-state index contributed by atoms with van der Waals surface area (Å²) in [6, 6.07) is 0. The molecule has 1 aromatic heterocycles. The Balaban J connectivity index is 2.03. The Hall–Kier alpha value is -1.05. The minimum absolute atomic E-state index is 0.0888. The maximum Gasteiger partial charge on any atom is 0.265 e. The maximum atomic E-state index is 12.6. The van der Waals surface area contributed by atoms with Gasteiger partial charge in [-0.3, -0.25) is 9.69 Å². The topological polar surface area (TPSA) is 62.5 Å². The largest absolute Gasteiger partial charge is 0.392 e. The zero-order valence-corrected chi connectivity index (χ0v) is 14.6. The molecule has 2 rings (SSSR count). The van der Waals surface area contributed by atoms with Crippen LogP contribution in [-0.2, 0) is 0 Å². The van der Waals surface area contributed by atoms with E-state index in [1.54, 1.807) is 0 Å². The van der Waals surface area contributed by atoms with Gasteiger partial charge in [0, 0.05) is 26.2 Å². The number of nitrogens with zero attached hydrogens (tertiary/aromatic N) is 3. The van der Waals surface area contributed by atoms with Crippen LogP contribution >= 0.6 is 23.6 Å². The molecule has 0 bridgehead atoms. The Kier molecular flexibility index (Phi) is 4.65. The van der Waals surface area contributed by atoms with Gasteiger partial charge in [0.05, 0.1) is 21.2 Å². The molecule has 1 amide bonds. The van der Waals surface area contributed by atoms with Crippen LogP contribution in [0.5, 0.6) is 0 Å². The van der Waals surface area contributed by atoms with Crippen LogP contribution in [0.3, 0.4) is 0 Å². The highest BCUT2D eigenvalue weighted by Crippen LogP contribution is 2.22. The maximum absolute atomic E-state index is 12.6. The van der Waals surface area contributed by atoms with E-state index in [4.69, 9.17) is 18.0 Å². The van der Waals surface area contributed by atoms with Gasteiger partial charge in [0.15, 0.2) is 0 Å². The lowest BCUT2D eigenvalue weighted by molar-refractivity contribution is 0.0543. The number of nitrogens with two attached hydrogens (primary N) is 1. The molecule has 0 unspecified atom stereocenters. The zero-order valence-electron chi connectivity index (χ0n) is 13.0. The van der Waals surface area contributed by atoms with Gasteiger partial charge in [-0.25, -0.2) is 4.98 Å². The highest BCUT2D eigenvalue weighted by Gasteiger charge is 2.34. The van der Waals surface area contributed by atoms with Crippen molar-refractivity contribution < 1.29 is 4.79 Å². The molecule has 116 valence electrons. The third kappa shape index (κ3) is 3.25. The molecule has 0 saturated carbocycles. The van der Waals surface area contributed by atoms with Gasteiger partial charge in [-0.05, 0) is 27.7 Å². The summed E-state index contributed by atoms with van der Waals surface area (Å²) in [4.78, 5) is 22.3. The number of rotatable bonds is 3. The fourth-order valence-corrected chi connectivity index (χ4v) is 3.51. The average molecular weight is 326 g/mol. The molecule has 1 aliphatic heterocycles. The Morgan fingerprint density at radius 1 is 1.29 bits per heavy atom. The number of aryl methyl sites for hydroxylation is 2. The van der Waals surface area contributed by atoms with Crippen molar-refractivity contribution in [3.63, 3.8) is 0 Å². The summed E-state index contributed by atoms with van der Waals surface area (Å²) in [6.45, 7) is 10.8. The standard InChI is InChI=1S/C14H22N4OS2/c1-9-11(21-10(2)16-9)12(19)17-5-7-18(8-6-17)14(3,4)13(15)20/h5-8H2,1-4H3,(H2,15,20). The lowest BCUT2D eigenvalue weighted by atomic mass is 10.0. The van der Waals surface area contributed by atoms with Crippen LogP contribution in [-0.4, -0.2) is 57.4 Å². The molecule has 1 fully saturated rings. The van der Waals surface area contributed by atoms with Gasteiger partial charge in [-0.1, -0.05) is 12.2 Å². The van der Waals surface area contributed by atoms with Gasteiger partial charge in [-0.15, -0.1) is 11.3 Å². The van der Waals surface area contributed by atoms with Crippen LogP contribution in [0.15, 0.2) is 0 Å². The van der Waals surface area contributed by atoms with Crippen LogP contribution in [0, 0.1) is 13.8 Å². The summed E-state index contributed by atoms with van der Waals surface area (Å²) in [5.74, 6) is 0.0888. The highest BCUT2D eigenvalue weighted by molar-refractivity contribution is 7.80. The van der Waals surface area contributed by atoms with E-state index in [9.17, 15) is 4.79 Å². The van der Waals surface area contributed by atoms with E-state index in [2.05, 4.69) is 9.88 Å². The molecule has 0 atom stereocenters. The molecule has 2 N–H and O–H groups in total. The fraction of sp³-hybridized carbons (Fsp3) is 0.643. The number of carbonyl (C=O) groups is 1. The lowest BCUT2D eigenvalue weighted by Crippen LogP contribution is -2.59. The molecule has 0 aromatic carbocycles. The predicted octanol–water partition coefficient (Wildman–Crippen LogP) is 1.58. The van der Waals surface area contributed by atoms with Gasteiger partial charge < -0.3 is 10.6 Å². The smallest absolute Gasteiger partial charge is 0.265 e. The second kappa shape index (κ2) is 5.98. The second-order valence-electron chi connectivity index (χ2n) is 5.85. The Labute approximate surface area is 135 Å². The van der Waals surface area contributed by atoms with Gasteiger partial charge in [0.2, 0.25) is 0 Å². The quantitative estimate of drug-likeness (QED) is 0.855. The summed E-state index contributed by atoms with van der Waals surface area (Å²) >= 11 is 6.61. The van der Waals surface area contributed by atoms with E-state index >= 15 is 0 Å².